The molecule has 3 rings (SSSR count). The van der Waals surface area contributed by atoms with Crippen LogP contribution in [-0.4, -0.2) is 32.3 Å². The molecule has 27 heavy (non-hydrogen) atoms. The lowest BCUT2D eigenvalue weighted by Gasteiger charge is -2.15. The number of amides is 2. The standard InChI is InChI=1S/C19H18ClN3O4/c1-25-16-9-12(10-17(26-2)18(16)27-3)22-19(24)23-14-6-7-21-15-8-11(20)4-5-13(14)15/h4-10H,1-3H3,(H2,21,22,23,24). The van der Waals surface area contributed by atoms with Crippen LogP contribution in [0, 0.1) is 0 Å². The lowest BCUT2D eigenvalue weighted by molar-refractivity contribution is 0.262. The van der Waals surface area contributed by atoms with Gasteiger partial charge >= 0.3 is 6.03 Å². The average molecular weight is 388 g/mol. The first-order chi connectivity index (χ1) is 13.0. The van der Waals surface area contributed by atoms with Crippen LogP contribution < -0.4 is 24.8 Å². The van der Waals surface area contributed by atoms with Gasteiger partial charge in [-0.25, -0.2) is 4.79 Å². The molecule has 8 heteroatoms. The molecule has 1 aromatic heterocycles. The highest BCUT2D eigenvalue weighted by atomic mass is 35.5. The van der Waals surface area contributed by atoms with Gasteiger partial charge in [0.25, 0.3) is 0 Å². The van der Waals surface area contributed by atoms with Gasteiger partial charge in [-0.2, -0.15) is 0 Å². The molecule has 0 aliphatic rings. The number of hydrogen-bond donors (Lipinski definition) is 2. The molecule has 0 saturated carbocycles. The number of fused-ring (bicyclic) bond motifs is 1. The van der Waals surface area contributed by atoms with Crippen LogP contribution in [0.1, 0.15) is 0 Å². The predicted molar refractivity (Wildman–Crippen MR) is 105 cm³/mol. The van der Waals surface area contributed by atoms with Gasteiger partial charge in [-0.3, -0.25) is 4.98 Å². The molecule has 0 unspecified atom stereocenters. The van der Waals surface area contributed by atoms with Crippen molar-refractivity contribution in [1.82, 2.24) is 4.98 Å². The van der Waals surface area contributed by atoms with Gasteiger partial charge < -0.3 is 24.8 Å². The second-order valence-electron chi connectivity index (χ2n) is 5.51. The molecule has 1 heterocycles. The summed E-state index contributed by atoms with van der Waals surface area (Å²) in [6.07, 6.45) is 1.60. The van der Waals surface area contributed by atoms with E-state index in [1.54, 1.807) is 42.6 Å². The van der Waals surface area contributed by atoms with E-state index in [0.29, 0.717) is 39.2 Å². The predicted octanol–water partition coefficient (Wildman–Crippen LogP) is 4.56. The number of nitrogens with zero attached hydrogens (tertiary/aromatic N) is 1. The number of nitrogens with one attached hydrogen (secondary N) is 2. The summed E-state index contributed by atoms with van der Waals surface area (Å²) in [5.74, 6) is 1.33. The molecular formula is C19H18ClN3O4. The second-order valence-corrected chi connectivity index (χ2v) is 5.95. The number of methoxy groups -OCH3 is 3. The summed E-state index contributed by atoms with van der Waals surface area (Å²) in [6, 6.07) is 9.86. The van der Waals surface area contributed by atoms with E-state index < -0.39 is 6.03 Å². The zero-order chi connectivity index (χ0) is 19.4. The zero-order valence-electron chi connectivity index (χ0n) is 15.0. The highest BCUT2D eigenvalue weighted by molar-refractivity contribution is 6.31. The molecule has 0 aliphatic heterocycles. The molecule has 2 amide bonds. The molecule has 140 valence electrons. The third kappa shape index (κ3) is 3.98. The summed E-state index contributed by atoms with van der Waals surface area (Å²) in [4.78, 5) is 16.7. The Kier molecular flexibility index (Phi) is 5.52. The van der Waals surface area contributed by atoms with Crippen LogP contribution in [0.4, 0.5) is 16.2 Å². The monoisotopic (exact) mass is 387 g/mol. The molecule has 0 bridgehead atoms. The summed E-state index contributed by atoms with van der Waals surface area (Å²) >= 11 is 5.99. The van der Waals surface area contributed by atoms with Crippen LogP contribution in [0.5, 0.6) is 17.2 Å². The Morgan fingerprint density at radius 3 is 2.30 bits per heavy atom. The van der Waals surface area contributed by atoms with Gasteiger partial charge in [-0.1, -0.05) is 11.6 Å². The SMILES string of the molecule is COc1cc(NC(=O)Nc2ccnc3cc(Cl)ccc23)cc(OC)c1OC. The zero-order valence-corrected chi connectivity index (χ0v) is 15.8. The average Bonchev–Trinajstić information content (AvgIpc) is 2.66. The fourth-order valence-corrected chi connectivity index (χ4v) is 2.83. The number of carbonyl (C=O) groups excluding carboxylic acids is 1. The van der Waals surface area contributed by atoms with Gasteiger partial charge in [0.1, 0.15) is 0 Å². The summed E-state index contributed by atoms with van der Waals surface area (Å²) in [7, 11) is 4.53. The number of ether oxygens (including phenoxy) is 3. The molecule has 0 spiro atoms. The fourth-order valence-electron chi connectivity index (χ4n) is 2.67. The van der Waals surface area contributed by atoms with Crippen LogP contribution in [0.2, 0.25) is 5.02 Å². The topological polar surface area (TPSA) is 81.7 Å². The van der Waals surface area contributed by atoms with E-state index in [0.717, 1.165) is 5.39 Å². The fraction of sp³-hybridized carbons (Fsp3) is 0.158. The van der Waals surface area contributed by atoms with Crippen LogP contribution >= 0.6 is 11.6 Å². The summed E-state index contributed by atoms with van der Waals surface area (Å²) in [5.41, 5.74) is 1.79. The van der Waals surface area contributed by atoms with E-state index in [1.165, 1.54) is 21.3 Å². The van der Waals surface area contributed by atoms with E-state index in [-0.39, 0.29) is 0 Å². The molecule has 0 fully saturated rings. The molecular weight excluding hydrogens is 370 g/mol. The van der Waals surface area contributed by atoms with Crippen molar-refractivity contribution < 1.29 is 19.0 Å². The van der Waals surface area contributed by atoms with E-state index in [9.17, 15) is 4.79 Å². The highest BCUT2D eigenvalue weighted by Crippen LogP contribution is 2.40. The number of rotatable bonds is 5. The Balaban J connectivity index is 1.84. The lowest BCUT2D eigenvalue weighted by atomic mass is 10.2. The number of anilines is 2. The van der Waals surface area contributed by atoms with Gasteiger partial charge in [-0.05, 0) is 24.3 Å². The quantitative estimate of drug-likeness (QED) is 0.670. The number of pyridine rings is 1. The van der Waals surface area contributed by atoms with Crippen LogP contribution in [-0.2, 0) is 0 Å². The molecule has 7 nitrogen and oxygen atoms in total. The van der Waals surface area contributed by atoms with Gasteiger partial charge in [0, 0.05) is 28.7 Å². The summed E-state index contributed by atoms with van der Waals surface area (Å²) < 4.78 is 15.9. The summed E-state index contributed by atoms with van der Waals surface area (Å²) in [5, 5.41) is 6.92. The van der Waals surface area contributed by atoms with Crippen molar-refractivity contribution in [2.24, 2.45) is 0 Å². The van der Waals surface area contributed by atoms with Gasteiger partial charge in [-0.15, -0.1) is 0 Å². The number of carbonyl (C=O) groups is 1. The Morgan fingerprint density at radius 1 is 0.963 bits per heavy atom. The minimum absolute atomic E-state index is 0.424. The Hall–Kier alpha value is -3.19. The number of halogens is 1. The Morgan fingerprint density at radius 2 is 1.67 bits per heavy atom. The number of hydrogen-bond acceptors (Lipinski definition) is 5. The lowest BCUT2D eigenvalue weighted by Crippen LogP contribution is -2.19. The van der Waals surface area contributed by atoms with Crippen LogP contribution in [0.25, 0.3) is 10.9 Å². The van der Waals surface area contributed by atoms with Crippen molar-refractivity contribution >= 4 is 39.9 Å². The van der Waals surface area contributed by atoms with Crippen LogP contribution in [0.15, 0.2) is 42.6 Å². The van der Waals surface area contributed by atoms with Crippen molar-refractivity contribution in [3.8, 4) is 17.2 Å². The van der Waals surface area contributed by atoms with Crippen molar-refractivity contribution in [2.45, 2.75) is 0 Å². The maximum Gasteiger partial charge on any atom is 0.323 e. The van der Waals surface area contributed by atoms with Crippen molar-refractivity contribution in [2.75, 3.05) is 32.0 Å². The molecule has 0 saturated heterocycles. The van der Waals surface area contributed by atoms with E-state index in [4.69, 9.17) is 25.8 Å². The Bertz CT molecular complexity index is 969. The van der Waals surface area contributed by atoms with Crippen LogP contribution in [0.3, 0.4) is 0 Å². The first-order valence-corrected chi connectivity index (χ1v) is 8.35. The van der Waals surface area contributed by atoms with E-state index in [2.05, 4.69) is 15.6 Å². The Labute approximate surface area is 161 Å². The highest BCUT2D eigenvalue weighted by Gasteiger charge is 2.15. The third-order valence-electron chi connectivity index (χ3n) is 3.88. The molecule has 0 aliphatic carbocycles. The second kappa shape index (κ2) is 8.01. The van der Waals surface area contributed by atoms with E-state index >= 15 is 0 Å². The third-order valence-corrected chi connectivity index (χ3v) is 4.11. The summed E-state index contributed by atoms with van der Waals surface area (Å²) in [6.45, 7) is 0. The molecule has 2 N–H and O–H groups in total. The minimum Gasteiger partial charge on any atom is -0.493 e. The van der Waals surface area contributed by atoms with Crippen molar-refractivity contribution in [3.63, 3.8) is 0 Å². The maximum atomic E-state index is 12.5. The molecule has 0 atom stereocenters. The molecule has 2 aromatic carbocycles. The number of aromatic nitrogens is 1. The molecule has 3 aromatic rings. The first-order valence-electron chi connectivity index (χ1n) is 7.98. The number of benzene rings is 2. The maximum absolute atomic E-state index is 12.5. The smallest absolute Gasteiger partial charge is 0.323 e. The number of urea groups is 1. The van der Waals surface area contributed by atoms with Gasteiger partial charge in [0.2, 0.25) is 5.75 Å². The first kappa shape index (κ1) is 18.6. The van der Waals surface area contributed by atoms with Crippen molar-refractivity contribution in [3.05, 3.63) is 47.6 Å². The van der Waals surface area contributed by atoms with E-state index in [1.807, 2.05) is 0 Å². The van der Waals surface area contributed by atoms with Gasteiger partial charge in [0.05, 0.1) is 38.2 Å². The molecule has 0 radical (unpaired) electrons. The van der Waals surface area contributed by atoms with Crippen molar-refractivity contribution in [1.29, 1.82) is 0 Å². The largest absolute Gasteiger partial charge is 0.493 e. The minimum atomic E-state index is -0.424. The normalized spacial score (nSPS) is 10.4. The van der Waals surface area contributed by atoms with Gasteiger partial charge in [0.15, 0.2) is 11.5 Å².